The minimum absolute atomic E-state index is 0.00368. The number of morpholine rings is 1. The van der Waals surface area contributed by atoms with Gasteiger partial charge < -0.3 is 15.4 Å². The van der Waals surface area contributed by atoms with Crippen molar-refractivity contribution >= 4 is 5.91 Å². The van der Waals surface area contributed by atoms with Crippen LogP contribution in [0.15, 0.2) is 24.3 Å². The number of carbonyl (C=O) groups excluding carboxylic acids is 1. The van der Waals surface area contributed by atoms with Gasteiger partial charge in [0.15, 0.2) is 0 Å². The lowest BCUT2D eigenvalue weighted by atomic mass is 9.84. The summed E-state index contributed by atoms with van der Waals surface area (Å²) >= 11 is 0. The number of hydrogen-bond acceptors (Lipinski definition) is 3. The van der Waals surface area contributed by atoms with Crippen LogP contribution >= 0.6 is 0 Å². The van der Waals surface area contributed by atoms with Gasteiger partial charge in [0.1, 0.15) is 6.10 Å². The largest absolute Gasteiger partial charge is 0.366 e. The molecule has 1 aromatic carbocycles. The zero-order valence-electron chi connectivity index (χ0n) is 13.9. The van der Waals surface area contributed by atoms with Crippen molar-refractivity contribution in [3.63, 3.8) is 0 Å². The van der Waals surface area contributed by atoms with E-state index < -0.39 is 0 Å². The third-order valence-electron chi connectivity index (χ3n) is 4.99. The Labute approximate surface area is 139 Å². The van der Waals surface area contributed by atoms with E-state index in [1.165, 1.54) is 43.2 Å². The van der Waals surface area contributed by atoms with E-state index in [-0.39, 0.29) is 12.0 Å². The summed E-state index contributed by atoms with van der Waals surface area (Å²) < 4.78 is 5.45. The average molecular weight is 316 g/mol. The summed E-state index contributed by atoms with van der Waals surface area (Å²) in [4.78, 5) is 12.0. The molecule has 0 radical (unpaired) electrons. The van der Waals surface area contributed by atoms with E-state index in [4.69, 9.17) is 4.74 Å². The van der Waals surface area contributed by atoms with Crippen LogP contribution in [-0.2, 0) is 16.0 Å². The minimum Gasteiger partial charge on any atom is -0.366 e. The summed E-state index contributed by atoms with van der Waals surface area (Å²) in [5, 5.41) is 6.15. The lowest BCUT2D eigenvalue weighted by Crippen LogP contribution is -2.48. The van der Waals surface area contributed by atoms with E-state index in [2.05, 4.69) is 34.9 Å². The molecule has 2 aliphatic rings. The van der Waals surface area contributed by atoms with Crippen LogP contribution < -0.4 is 10.6 Å². The first-order valence-electron chi connectivity index (χ1n) is 9.02. The van der Waals surface area contributed by atoms with E-state index >= 15 is 0 Å². The molecular weight excluding hydrogens is 288 g/mol. The van der Waals surface area contributed by atoms with E-state index in [1.807, 2.05) is 0 Å². The molecule has 126 valence electrons. The summed E-state index contributed by atoms with van der Waals surface area (Å²) in [5.41, 5.74) is 2.77. The third-order valence-corrected chi connectivity index (χ3v) is 4.99. The topological polar surface area (TPSA) is 50.4 Å². The Morgan fingerprint density at radius 2 is 1.96 bits per heavy atom. The molecule has 1 aromatic rings. The molecule has 2 N–H and O–H groups in total. The maximum atomic E-state index is 12.0. The van der Waals surface area contributed by atoms with E-state index in [0.29, 0.717) is 19.7 Å². The minimum atomic E-state index is -0.336. The number of benzene rings is 1. The van der Waals surface area contributed by atoms with Crippen LogP contribution in [0, 0.1) is 0 Å². The Morgan fingerprint density at radius 1 is 1.17 bits per heavy atom. The summed E-state index contributed by atoms with van der Waals surface area (Å²) in [6.07, 6.45) is 7.35. The lowest BCUT2D eigenvalue weighted by molar-refractivity contribution is -0.134. The van der Waals surface area contributed by atoms with Crippen LogP contribution in [0.2, 0.25) is 0 Å². The SMILES string of the molecule is O=C(NCCc1ccc(C2CCCCC2)cc1)[C@@H]1CNCCO1. The lowest BCUT2D eigenvalue weighted by Gasteiger charge is -2.23. The van der Waals surface area contributed by atoms with Gasteiger partial charge in [-0.1, -0.05) is 43.5 Å². The molecule has 23 heavy (non-hydrogen) atoms. The van der Waals surface area contributed by atoms with Crippen molar-refractivity contribution in [2.45, 2.75) is 50.5 Å². The van der Waals surface area contributed by atoms with Crippen LogP contribution in [0.1, 0.15) is 49.1 Å². The molecule has 0 unspecified atom stereocenters. The monoisotopic (exact) mass is 316 g/mol. The van der Waals surface area contributed by atoms with Crippen molar-refractivity contribution in [1.82, 2.24) is 10.6 Å². The maximum Gasteiger partial charge on any atom is 0.250 e. The molecule has 1 saturated heterocycles. The number of amides is 1. The molecule has 0 bridgehead atoms. The van der Waals surface area contributed by atoms with Gasteiger partial charge in [-0.25, -0.2) is 0 Å². The predicted molar refractivity (Wildman–Crippen MR) is 91.6 cm³/mol. The zero-order chi connectivity index (χ0) is 15.9. The third kappa shape index (κ3) is 4.79. The van der Waals surface area contributed by atoms with Gasteiger partial charge in [0.25, 0.3) is 0 Å². The van der Waals surface area contributed by atoms with Crippen molar-refractivity contribution < 1.29 is 9.53 Å². The fraction of sp³-hybridized carbons (Fsp3) is 0.632. The van der Waals surface area contributed by atoms with Crippen molar-refractivity contribution in [2.75, 3.05) is 26.2 Å². The molecule has 4 nitrogen and oxygen atoms in total. The van der Waals surface area contributed by atoms with Crippen molar-refractivity contribution in [3.8, 4) is 0 Å². The Balaban J connectivity index is 1.42. The summed E-state index contributed by atoms with van der Waals surface area (Å²) in [5.74, 6) is 0.754. The number of rotatable bonds is 5. The number of ether oxygens (including phenoxy) is 1. The first-order chi connectivity index (χ1) is 11.3. The number of nitrogens with one attached hydrogen (secondary N) is 2. The first kappa shape index (κ1) is 16.5. The normalized spacial score (nSPS) is 22.7. The Morgan fingerprint density at radius 3 is 2.65 bits per heavy atom. The molecule has 3 rings (SSSR count). The molecule has 1 amide bonds. The average Bonchev–Trinajstić information content (AvgIpc) is 2.64. The fourth-order valence-electron chi connectivity index (χ4n) is 3.57. The van der Waals surface area contributed by atoms with Crippen molar-refractivity contribution in [3.05, 3.63) is 35.4 Å². The molecule has 0 spiro atoms. The molecule has 1 aliphatic heterocycles. The van der Waals surface area contributed by atoms with Crippen LogP contribution in [-0.4, -0.2) is 38.3 Å². The molecule has 1 heterocycles. The summed E-state index contributed by atoms with van der Waals surface area (Å²) in [7, 11) is 0. The van der Waals surface area contributed by atoms with Gasteiger partial charge in [0.2, 0.25) is 5.91 Å². The Hall–Kier alpha value is -1.39. The fourth-order valence-corrected chi connectivity index (χ4v) is 3.57. The molecular formula is C19H28N2O2. The van der Waals surface area contributed by atoms with Gasteiger partial charge in [0, 0.05) is 19.6 Å². The molecule has 0 aromatic heterocycles. The van der Waals surface area contributed by atoms with Crippen LogP contribution in [0.5, 0.6) is 0 Å². The Kier molecular flexibility index (Phi) is 6.06. The van der Waals surface area contributed by atoms with Crippen LogP contribution in [0.25, 0.3) is 0 Å². The molecule has 1 aliphatic carbocycles. The number of hydrogen-bond donors (Lipinski definition) is 2. The standard InChI is InChI=1S/C19H28N2O2/c22-19(18-14-20-12-13-23-18)21-11-10-15-6-8-17(9-7-15)16-4-2-1-3-5-16/h6-9,16,18,20H,1-5,10-14H2,(H,21,22)/t18-/m0/s1. The van der Waals surface area contributed by atoms with Crippen molar-refractivity contribution in [1.29, 1.82) is 0 Å². The second-order valence-corrected chi connectivity index (χ2v) is 6.68. The van der Waals surface area contributed by atoms with Gasteiger partial charge in [-0.2, -0.15) is 0 Å². The second kappa shape index (κ2) is 8.46. The molecule has 1 atom stereocenters. The zero-order valence-corrected chi connectivity index (χ0v) is 13.9. The first-order valence-corrected chi connectivity index (χ1v) is 9.02. The van der Waals surface area contributed by atoms with Gasteiger partial charge in [-0.05, 0) is 36.3 Å². The van der Waals surface area contributed by atoms with Crippen molar-refractivity contribution in [2.24, 2.45) is 0 Å². The van der Waals surface area contributed by atoms with E-state index in [0.717, 1.165) is 18.9 Å². The molecule has 1 saturated carbocycles. The molecule has 4 heteroatoms. The van der Waals surface area contributed by atoms with E-state index in [1.54, 1.807) is 0 Å². The highest BCUT2D eigenvalue weighted by molar-refractivity contribution is 5.81. The quantitative estimate of drug-likeness (QED) is 0.877. The Bertz CT molecular complexity index is 489. The van der Waals surface area contributed by atoms with Gasteiger partial charge >= 0.3 is 0 Å². The summed E-state index contributed by atoms with van der Waals surface area (Å²) in [6.45, 7) is 2.72. The smallest absolute Gasteiger partial charge is 0.250 e. The molecule has 2 fully saturated rings. The predicted octanol–water partition coefficient (Wildman–Crippen LogP) is 2.38. The van der Waals surface area contributed by atoms with Gasteiger partial charge in [-0.15, -0.1) is 0 Å². The number of carbonyl (C=O) groups is 1. The van der Waals surface area contributed by atoms with Crippen LogP contribution in [0.3, 0.4) is 0 Å². The maximum absolute atomic E-state index is 12.0. The summed E-state index contributed by atoms with van der Waals surface area (Å²) in [6, 6.07) is 8.99. The highest BCUT2D eigenvalue weighted by Gasteiger charge is 2.21. The second-order valence-electron chi connectivity index (χ2n) is 6.68. The van der Waals surface area contributed by atoms with Gasteiger partial charge in [0.05, 0.1) is 6.61 Å². The van der Waals surface area contributed by atoms with Crippen LogP contribution in [0.4, 0.5) is 0 Å². The highest BCUT2D eigenvalue weighted by atomic mass is 16.5. The highest BCUT2D eigenvalue weighted by Crippen LogP contribution is 2.32. The van der Waals surface area contributed by atoms with E-state index in [9.17, 15) is 4.79 Å². The van der Waals surface area contributed by atoms with Gasteiger partial charge in [-0.3, -0.25) is 4.79 Å².